The second-order valence-electron chi connectivity index (χ2n) is 10.2. The molecule has 5 nitrogen and oxygen atoms in total. The van der Waals surface area contributed by atoms with Gasteiger partial charge in [0.1, 0.15) is 0 Å². The Hall–Kier alpha value is -1.91. The van der Waals surface area contributed by atoms with Gasteiger partial charge < -0.3 is 4.90 Å². The van der Waals surface area contributed by atoms with Crippen LogP contribution in [-0.4, -0.2) is 38.2 Å². The van der Waals surface area contributed by atoms with Crippen molar-refractivity contribution in [1.82, 2.24) is 19.7 Å². The molecule has 2 atom stereocenters. The van der Waals surface area contributed by atoms with Crippen LogP contribution in [0.1, 0.15) is 86.8 Å². The van der Waals surface area contributed by atoms with E-state index in [2.05, 4.69) is 29.9 Å². The van der Waals surface area contributed by atoms with Crippen LogP contribution in [-0.2, 0) is 0 Å². The molecule has 4 heterocycles. The SMILES string of the molecule is CC(C)n1ncc2c(C(=O)N3CC4CC5CC(C4)CC3C5)cc(C3CC3)nc21. The lowest BCUT2D eigenvalue weighted by Gasteiger charge is -2.39. The molecule has 148 valence electrons. The number of carbonyl (C=O) groups excluding carboxylic acids is 1. The smallest absolute Gasteiger partial charge is 0.254 e. The minimum Gasteiger partial charge on any atom is -0.335 e. The van der Waals surface area contributed by atoms with E-state index < -0.39 is 0 Å². The predicted octanol–water partition coefficient (Wildman–Crippen LogP) is 4.54. The average molecular weight is 379 g/mol. The predicted molar refractivity (Wildman–Crippen MR) is 108 cm³/mol. The molecular formula is C23H30N4O. The summed E-state index contributed by atoms with van der Waals surface area (Å²) in [5.41, 5.74) is 2.84. The number of amides is 1. The highest BCUT2D eigenvalue weighted by Crippen LogP contribution is 2.48. The zero-order chi connectivity index (χ0) is 19.0. The van der Waals surface area contributed by atoms with Crippen LogP contribution in [0.2, 0.25) is 0 Å². The monoisotopic (exact) mass is 378 g/mol. The fraction of sp³-hybridized carbons (Fsp3) is 0.696. The molecule has 1 amide bonds. The first-order valence-corrected chi connectivity index (χ1v) is 11.3. The van der Waals surface area contributed by atoms with Crippen molar-refractivity contribution in [3.8, 4) is 0 Å². The third kappa shape index (κ3) is 2.61. The second kappa shape index (κ2) is 6.04. The van der Waals surface area contributed by atoms with Crippen molar-refractivity contribution in [3.05, 3.63) is 23.5 Å². The lowest BCUT2D eigenvalue weighted by molar-refractivity contribution is 0.0634. The van der Waals surface area contributed by atoms with Gasteiger partial charge in [0.25, 0.3) is 5.91 Å². The summed E-state index contributed by atoms with van der Waals surface area (Å²) >= 11 is 0. The molecule has 5 aliphatic rings. The fourth-order valence-electron chi connectivity index (χ4n) is 6.37. The third-order valence-electron chi connectivity index (χ3n) is 7.67. The average Bonchev–Trinajstić information content (AvgIpc) is 3.45. The van der Waals surface area contributed by atoms with Crippen LogP contribution in [0.15, 0.2) is 12.3 Å². The van der Waals surface area contributed by atoms with Gasteiger partial charge >= 0.3 is 0 Å². The first kappa shape index (κ1) is 17.0. The van der Waals surface area contributed by atoms with E-state index in [1.165, 1.54) is 44.9 Å². The number of hydrogen-bond acceptors (Lipinski definition) is 3. The zero-order valence-corrected chi connectivity index (χ0v) is 17.0. The summed E-state index contributed by atoms with van der Waals surface area (Å²) in [6.45, 7) is 5.21. The highest BCUT2D eigenvalue weighted by Gasteiger charge is 2.44. The maximum absolute atomic E-state index is 13.9. The topological polar surface area (TPSA) is 51.0 Å². The molecule has 2 unspecified atom stereocenters. The van der Waals surface area contributed by atoms with Gasteiger partial charge in [0.15, 0.2) is 5.65 Å². The summed E-state index contributed by atoms with van der Waals surface area (Å²) in [4.78, 5) is 21.1. The van der Waals surface area contributed by atoms with Crippen molar-refractivity contribution in [2.75, 3.05) is 6.54 Å². The van der Waals surface area contributed by atoms with Crippen molar-refractivity contribution in [1.29, 1.82) is 0 Å². The van der Waals surface area contributed by atoms with Crippen LogP contribution < -0.4 is 0 Å². The standard InChI is InChI=1S/C23H30N4O/c1-13(2)27-22-20(11-24-27)19(10-21(25-22)17-3-4-17)23(28)26-12-16-6-14-5-15(7-16)9-18(26)8-14/h10-11,13-18H,3-9,12H2,1-2H3. The minimum atomic E-state index is 0.232. The van der Waals surface area contributed by atoms with E-state index in [-0.39, 0.29) is 11.9 Å². The van der Waals surface area contributed by atoms with Gasteiger partial charge in [0.2, 0.25) is 0 Å². The van der Waals surface area contributed by atoms with Gasteiger partial charge in [-0.05, 0) is 82.6 Å². The highest BCUT2D eigenvalue weighted by atomic mass is 16.2. The zero-order valence-electron chi connectivity index (χ0n) is 17.0. The molecule has 3 saturated carbocycles. The normalized spacial score (nSPS) is 31.8. The molecule has 5 fully saturated rings. The molecule has 7 rings (SSSR count). The molecule has 5 heteroatoms. The van der Waals surface area contributed by atoms with E-state index in [1.807, 2.05) is 10.9 Å². The van der Waals surface area contributed by atoms with Gasteiger partial charge in [-0.25, -0.2) is 9.67 Å². The van der Waals surface area contributed by atoms with Crippen molar-refractivity contribution in [3.63, 3.8) is 0 Å². The van der Waals surface area contributed by atoms with Crippen LogP contribution in [0.5, 0.6) is 0 Å². The molecule has 4 bridgehead atoms. The van der Waals surface area contributed by atoms with Gasteiger partial charge in [-0.15, -0.1) is 0 Å². The van der Waals surface area contributed by atoms with E-state index in [9.17, 15) is 4.79 Å². The Bertz CT molecular complexity index is 929. The molecule has 0 N–H and O–H groups in total. The molecule has 0 aromatic carbocycles. The van der Waals surface area contributed by atoms with Gasteiger partial charge in [-0.2, -0.15) is 5.10 Å². The summed E-state index contributed by atoms with van der Waals surface area (Å²) in [5.74, 6) is 3.17. The number of carbonyl (C=O) groups is 1. The summed E-state index contributed by atoms with van der Waals surface area (Å²) in [6, 6.07) is 2.79. The number of nitrogens with zero attached hydrogens (tertiary/aromatic N) is 4. The third-order valence-corrected chi connectivity index (χ3v) is 7.67. The van der Waals surface area contributed by atoms with E-state index in [0.717, 1.165) is 40.7 Å². The molecular weight excluding hydrogens is 348 g/mol. The van der Waals surface area contributed by atoms with Crippen molar-refractivity contribution < 1.29 is 4.79 Å². The van der Waals surface area contributed by atoms with Crippen LogP contribution in [0, 0.1) is 17.8 Å². The second-order valence-corrected chi connectivity index (χ2v) is 10.2. The number of hydrogen-bond donors (Lipinski definition) is 0. The lowest BCUT2D eigenvalue weighted by atomic mass is 9.68. The molecule has 3 aliphatic carbocycles. The molecule has 2 aromatic heterocycles. The van der Waals surface area contributed by atoms with Crippen LogP contribution >= 0.6 is 0 Å². The number of aromatic nitrogens is 3. The Morgan fingerprint density at radius 3 is 2.46 bits per heavy atom. The Balaban J connectivity index is 1.44. The molecule has 0 radical (unpaired) electrons. The molecule has 2 saturated heterocycles. The quantitative estimate of drug-likeness (QED) is 0.788. The van der Waals surface area contributed by atoms with E-state index in [1.54, 1.807) is 0 Å². The van der Waals surface area contributed by atoms with Crippen LogP contribution in [0.4, 0.5) is 0 Å². The maximum atomic E-state index is 13.9. The molecule has 0 spiro atoms. The van der Waals surface area contributed by atoms with Crippen LogP contribution in [0.25, 0.3) is 11.0 Å². The summed E-state index contributed by atoms with van der Waals surface area (Å²) in [5, 5.41) is 5.53. The van der Waals surface area contributed by atoms with E-state index in [0.29, 0.717) is 17.9 Å². The summed E-state index contributed by atoms with van der Waals surface area (Å²) in [6.07, 6.45) is 10.8. The molecule has 28 heavy (non-hydrogen) atoms. The van der Waals surface area contributed by atoms with Crippen molar-refractivity contribution in [2.24, 2.45) is 17.8 Å². The Morgan fingerprint density at radius 2 is 1.79 bits per heavy atom. The van der Waals surface area contributed by atoms with E-state index >= 15 is 0 Å². The first-order chi connectivity index (χ1) is 13.6. The Kier molecular flexibility index (Phi) is 3.67. The number of pyridine rings is 1. The highest BCUT2D eigenvalue weighted by molar-refractivity contribution is 6.05. The van der Waals surface area contributed by atoms with E-state index in [4.69, 9.17) is 4.98 Å². The largest absolute Gasteiger partial charge is 0.335 e. The number of rotatable bonds is 3. The summed E-state index contributed by atoms with van der Waals surface area (Å²) < 4.78 is 1.98. The Labute approximate surface area is 166 Å². The molecule has 2 aromatic rings. The Morgan fingerprint density at radius 1 is 1.07 bits per heavy atom. The minimum absolute atomic E-state index is 0.232. The van der Waals surface area contributed by atoms with Crippen LogP contribution in [0.3, 0.4) is 0 Å². The number of fused-ring (bicyclic) bond motifs is 2. The van der Waals surface area contributed by atoms with Gasteiger partial charge in [0.05, 0.1) is 17.1 Å². The fourth-order valence-corrected chi connectivity index (χ4v) is 6.37. The maximum Gasteiger partial charge on any atom is 0.254 e. The van der Waals surface area contributed by atoms with Gasteiger partial charge in [0, 0.05) is 30.2 Å². The molecule has 2 aliphatic heterocycles. The van der Waals surface area contributed by atoms with Crippen molar-refractivity contribution >= 4 is 16.9 Å². The lowest BCUT2D eigenvalue weighted by Crippen LogP contribution is -2.42. The first-order valence-electron chi connectivity index (χ1n) is 11.3. The van der Waals surface area contributed by atoms with Gasteiger partial charge in [-0.1, -0.05) is 0 Å². The van der Waals surface area contributed by atoms with Crippen molar-refractivity contribution in [2.45, 2.75) is 76.8 Å². The van der Waals surface area contributed by atoms with Gasteiger partial charge in [-0.3, -0.25) is 4.79 Å². The summed E-state index contributed by atoms with van der Waals surface area (Å²) in [7, 11) is 0.